The summed E-state index contributed by atoms with van der Waals surface area (Å²) >= 11 is 0. The van der Waals surface area contributed by atoms with E-state index in [1.54, 1.807) is 6.92 Å². The zero-order valence-electron chi connectivity index (χ0n) is 14.3. The number of aryl methyl sites for hydroxylation is 2. The van der Waals surface area contributed by atoms with E-state index >= 15 is 0 Å². The average molecular weight is 363 g/mol. The number of halogens is 3. The summed E-state index contributed by atoms with van der Waals surface area (Å²) in [6.07, 6.45) is -4.39. The molecule has 0 spiro atoms. The second-order valence-electron chi connectivity index (χ2n) is 6.00. The highest BCUT2D eigenvalue weighted by molar-refractivity contribution is 5.91. The molecule has 0 saturated carbocycles. The van der Waals surface area contributed by atoms with E-state index in [0.29, 0.717) is 11.3 Å². The maximum atomic E-state index is 12.6. The van der Waals surface area contributed by atoms with Crippen LogP contribution in [0.25, 0.3) is 5.78 Å². The number of rotatable bonds is 3. The Morgan fingerprint density at radius 1 is 1.15 bits per heavy atom. The molecule has 0 aliphatic rings. The molecular weight excluding hydrogens is 347 g/mol. The summed E-state index contributed by atoms with van der Waals surface area (Å²) in [5, 5.41) is 6.81. The van der Waals surface area contributed by atoms with Crippen molar-refractivity contribution in [1.82, 2.24) is 24.9 Å². The van der Waals surface area contributed by atoms with Gasteiger partial charge in [-0.15, -0.1) is 5.10 Å². The van der Waals surface area contributed by atoms with E-state index in [1.807, 2.05) is 19.9 Å². The molecule has 26 heavy (non-hydrogen) atoms. The van der Waals surface area contributed by atoms with Gasteiger partial charge in [0.2, 0.25) is 5.82 Å². The number of benzene rings is 1. The van der Waals surface area contributed by atoms with Crippen LogP contribution in [0.5, 0.6) is 0 Å². The van der Waals surface area contributed by atoms with Gasteiger partial charge in [-0.3, -0.25) is 4.79 Å². The van der Waals surface area contributed by atoms with Crippen LogP contribution in [0.1, 0.15) is 46.1 Å². The Morgan fingerprint density at radius 3 is 2.42 bits per heavy atom. The van der Waals surface area contributed by atoms with Gasteiger partial charge in [-0.2, -0.15) is 18.2 Å². The molecule has 6 nitrogen and oxygen atoms in total. The minimum absolute atomic E-state index is 0.0510. The smallest absolute Gasteiger partial charge is 0.343 e. The van der Waals surface area contributed by atoms with E-state index in [2.05, 4.69) is 20.4 Å². The first-order chi connectivity index (χ1) is 12.1. The summed E-state index contributed by atoms with van der Waals surface area (Å²) in [6.45, 7) is 5.31. The zero-order valence-corrected chi connectivity index (χ0v) is 14.3. The van der Waals surface area contributed by atoms with Crippen LogP contribution in [0, 0.1) is 13.8 Å². The molecule has 0 radical (unpaired) electrons. The largest absolute Gasteiger partial charge is 0.416 e. The van der Waals surface area contributed by atoms with E-state index in [1.165, 1.54) is 16.6 Å². The maximum Gasteiger partial charge on any atom is 0.416 e. The molecular formula is C17H16F3N5O. The number of nitrogens with zero attached hydrogens (tertiary/aromatic N) is 4. The van der Waals surface area contributed by atoms with E-state index < -0.39 is 23.7 Å². The van der Waals surface area contributed by atoms with Crippen LogP contribution in [0.3, 0.4) is 0 Å². The number of aromatic nitrogens is 4. The van der Waals surface area contributed by atoms with Crippen molar-refractivity contribution in [2.75, 3.05) is 0 Å². The number of amides is 1. The SMILES string of the molecule is Cc1cc(C)n2nc(C(=O)NC(C)c3ccc(C(F)(F)F)cc3)nc2n1. The van der Waals surface area contributed by atoms with Gasteiger partial charge < -0.3 is 5.32 Å². The second-order valence-corrected chi connectivity index (χ2v) is 6.00. The monoisotopic (exact) mass is 363 g/mol. The Morgan fingerprint density at radius 2 is 1.81 bits per heavy atom. The lowest BCUT2D eigenvalue weighted by atomic mass is 10.1. The number of carbonyl (C=O) groups excluding carboxylic acids is 1. The van der Waals surface area contributed by atoms with Gasteiger partial charge in [0.15, 0.2) is 0 Å². The molecule has 9 heteroatoms. The second kappa shape index (κ2) is 6.40. The van der Waals surface area contributed by atoms with E-state index in [0.717, 1.165) is 23.5 Å². The third-order valence-electron chi connectivity index (χ3n) is 3.91. The van der Waals surface area contributed by atoms with Crippen molar-refractivity contribution < 1.29 is 18.0 Å². The van der Waals surface area contributed by atoms with Crippen LogP contribution in [0.15, 0.2) is 30.3 Å². The molecule has 0 aliphatic heterocycles. The Bertz CT molecular complexity index is 963. The summed E-state index contributed by atoms with van der Waals surface area (Å²) in [4.78, 5) is 20.7. The van der Waals surface area contributed by atoms with Crippen molar-refractivity contribution in [1.29, 1.82) is 0 Å². The Kier molecular flexibility index (Phi) is 4.39. The first-order valence-corrected chi connectivity index (χ1v) is 7.84. The third-order valence-corrected chi connectivity index (χ3v) is 3.91. The van der Waals surface area contributed by atoms with Gasteiger partial charge in [0, 0.05) is 11.4 Å². The topological polar surface area (TPSA) is 72.2 Å². The minimum Gasteiger partial charge on any atom is -0.343 e. The van der Waals surface area contributed by atoms with E-state index in [9.17, 15) is 18.0 Å². The van der Waals surface area contributed by atoms with Crippen molar-refractivity contribution in [3.63, 3.8) is 0 Å². The number of fused-ring (bicyclic) bond motifs is 1. The molecule has 136 valence electrons. The Balaban J connectivity index is 1.78. The maximum absolute atomic E-state index is 12.6. The standard InChI is InChI=1S/C17H16F3N5O/c1-9-8-10(2)25-16(21-9)23-14(24-25)15(26)22-11(3)12-4-6-13(7-5-12)17(18,19)20/h4-8,11H,1-3H3,(H,22,26). The molecule has 1 aromatic carbocycles. The van der Waals surface area contributed by atoms with Crippen molar-refractivity contribution in [2.45, 2.75) is 33.0 Å². The molecule has 3 rings (SSSR count). The van der Waals surface area contributed by atoms with Gasteiger partial charge in [0.1, 0.15) is 0 Å². The zero-order chi connectivity index (χ0) is 19.1. The van der Waals surface area contributed by atoms with Gasteiger partial charge >= 0.3 is 6.18 Å². The average Bonchev–Trinajstić information content (AvgIpc) is 2.98. The van der Waals surface area contributed by atoms with Crippen LogP contribution in [0.4, 0.5) is 13.2 Å². The number of nitrogens with one attached hydrogen (secondary N) is 1. The lowest BCUT2D eigenvalue weighted by molar-refractivity contribution is -0.137. The number of hydrogen-bond acceptors (Lipinski definition) is 4. The van der Waals surface area contributed by atoms with Crippen molar-refractivity contribution in [2.24, 2.45) is 0 Å². The molecule has 0 fully saturated rings. The molecule has 2 heterocycles. The lowest BCUT2D eigenvalue weighted by Gasteiger charge is -2.14. The Labute approximate surface area is 147 Å². The molecule has 0 bridgehead atoms. The third kappa shape index (κ3) is 3.51. The minimum atomic E-state index is -4.39. The molecule has 1 N–H and O–H groups in total. The van der Waals surface area contributed by atoms with Gasteiger partial charge in [-0.25, -0.2) is 9.50 Å². The van der Waals surface area contributed by atoms with Gasteiger partial charge in [0.25, 0.3) is 11.7 Å². The first-order valence-electron chi connectivity index (χ1n) is 7.84. The Hall–Kier alpha value is -2.97. The quantitative estimate of drug-likeness (QED) is 0.775. The van der Waals surface area contributed by atoms with Crippen LogP contribution in [-0.2, 0) is 6.18 Å². The predicted octanol–water partition coefficient (Wildman–Crippen LogP) is 3.25. The highest BCUT2D eigenvalue weighted by atomic mass is 19.4. The number of hydrogen-bond donors (Lipinski definition) is 1. The molecule has 1 atom stereocenters. The normalized spacial score (nSPS) is 13.0. The van der Waals surface area contributed by atoms with Crippen molar-refractivity contribution in [3.05, 3.63) is 58.7 Å². The van der Waals surface area contributed by atoms with E-state index in [-0.39, 0.29) is 5.82 Å². The first kappa shape index (κ1) is 17.8. The number of alkyl halides is 3. The summed E-state index contributed by atoms with van der Waals surface area (Å²) in [7, 11) is 0. The highest BCUT2D eigenvalue weighted by Crippen LogP contribution is 2.29. The molecule has 1 unspecified atom stereocenters. The van der Waals surface area contributed by atoms with Gasteiger partial charge in [0.05, 0.1) is 11.6 Å². The molecule has 3 aromatic rings. The molecule has 1 amide bonds. The van der Waals surface area contributed by atoms with Crippen LogP contribution in [0.2, 0.25) is 0 Å². The lowest BCUT2D eigenvalue weighted by Crippen LogP contribution is -2.27. The van der Waals surface area contributed by atoms with Crippen molar-refractivity contribution >= 4 is 11.7 Å². The molecule has 0 aliphatic carbocycles. The summed E-state index contributed by atoms with van der Waals surface area (Å²) in [6, 6.07) is 5.94. The summed E-state index contributed by atoms with van der Waals surface area (Å²) in [5.74, 6) is -0.264. The summed E-state index contributed by atoms with van der Waals surface area (Å²) in [5.41, 5.74) is 1.35. The van der Waals surface area contributed by atoms with Crippen molar-refractivity contribution in [3.8, 4) is 0 Å². The van der Waals surface area contributed by atoms with Crippen LogP contribution >= 0.6 is 0 Å². The van der Waals surface area contributed by atoms with Crippen LogP contribution < -0.4 is 5.32 Å². The molecule has 2 aromatic heterocycles. The highest BCUT2D eigenvalue weighted by Gasteiger charge is 2.30. The molecule has 0 saturated heterocycles. The van der Waals surface area contributed by atoms with Gasteiger partial charge in [-0.1, -0.05) is 12.1 Å². The summed E-state index contributed by atoms with van der Waals surface area (Å²) < 4.78 is 39.3. The fraction of sp³-hybridized carbons (Fsp3) is 0.294. The number of carbonyl (C=O) groups is 1. The van der Waals surface area contributed by atoms with E-state index in [4.69, 9.17) is 0 Å². The fourth-order valence-electron chi connectivity index (χ4n) is 2.57. The predicted molar refractivity (Wildman–Crippen MR) is 87.6 cm³/mol. The van der Waals surface area contributed by atoms with Crippen LogP contribution in [-0.4, -0.2) is 25.5 Å². The van der Waals surface area contributed by atoms with Gasteiger partial charge in [-0.05, 0) is 44.5 Å². The fourth-order valence-corrected chi connectivity index (χ4v) is 2.57.